The van der Waals surface area contributed by atoms with Crippen molar-refractivity contribution in [3.63, 3.8) is 0 Å². The van der Waals surface area contributed by atoms with Crippen LogP contribution in [0.1, 0.15) is 86.9 Å². The van der Waals surface area contributed by atoms with Gasteiger partial charge in [-0.25, -0.2) is 0 Å². The van der Waals surface area contributed by atoms with E-state index >= 15 is 0 Å². The first-order valence-electron chi connectivity index (χ1n) is 10.5. The van der Waals surface area contributed by atoms with Crippen molar-refractivity contribution < 1.29 is 9.59 Å². The third kappa shape index (κ3) is 4.34. The third-order valence-corrected chi connectivity index (χ3v) is 23.5. The van der Waals surface area contributed by atoms with Crippen LogP contribution >= 0.6 is 0 Å². The Morgan fingerprint density at radius 2 is 1.19 bits per heavy atom. The monoisotopic (exact) mass is 465 g/mol. The Balaban J connectivity index is 2.36. The molecule has 1 heterocycles. The second-order valence-corrected chi connectivity index (χ2v) is 22.3. The molecule has 1 unspecified atom stereocenters. The second-order valence-electron chi connectivity index (χ2n) is 7.87. The van der Waals surface area contributed by atoms with E-state index in [9.17, 15) is 9.59 Å². The molecule has 1 aromatic carbocycles. The van der Waals surface area contributed by atoms with Crippen molar-refractivity contribution >= 4 is 30.2 Å². The van der Waals surface area contributed by atoms with Gasteiger partial charge in [-0.05, 0) is 0 Å². The van der Waals surface area contributed by atoms with E-state index in [1.807, 2.05) is 24.3 Å². The molecule has 1 aliphatic heterocycles. The number of nitrogens with zero attached hydrogens (tertiary/aromatic N) is 1. The number of hydrogen-bond donors (Lipinski definition) is 0. The summed E-state index contributed by atoms with van der Waals surface area (Å²) >= 11 is -2.69. The zero-order valence-corrected chi connectivity index (χ0v) is 19.9. The maximum atomic E-state index is 13.1. The molecule has 0 saturated carbocycles. The molecular weight excluding hydrogens is 429 g/mol. The van der Waals surface area contributed by atoms with Crippen molar-refractivity contribution in [2.24, 2.45) is 0 Å². The first kappa shape index (κ1) is 21.5. The summed E-state index contributed by atoms with van der Waals surface area (Å²) in [6.45, 7) is 8.97. The van der Waals surface area contributed by atoms with Crippen molar-refractivity contribution in [1.29, 1.82) is 0 Å². The van der Waals surface area contributed by atoms with Gasteiger partial charge in [-0.15, -0.1) is 0 Å². The topological polar surface area (TPSA) is 37.4 Å². The maximum absolute atomic E-state index is 13.1. The third-order valence-electron chi connectivity index (χ3n) is 6.18. The molecule has 3 nitrogen and oxygen atoms in total. The van der Waals surface area contributed by atoms with Crippen molar-refractivity contribution in [3.05, 3.63) is 35.4 Å². The van der Waals surface area contributed by atoms with E-state index in [1.54, 1.807) is 4.90 Å². The van der Waals surface area contributed by atoms with Gasteiger partial charge in [-0.1, -0.05) is 0 Å². The van der Waals surface area contributed by atoms with Crippen molar-refractivity contribution in [2.75, 3.05) is 0 Å². The van der Waals surface area contributed by atoms with Gasteiger partial charge in [0.15, 0.2) is 0 Å². The van der Waals surface area contributed by atoms with Gasteiger partial charge in [0.25, 0.3) is 0 Å². The molecule has 4 heteroatoms. The van der Waals surface area contributed by atoms with Gasteiger partial charge < -0.3 is 0 Å². The zero-order valence-electron chi connectivity index (χ0n) is 17.0. The van der Waals surface area contributed by atoms with E-state index in [0.29, 0.717) is 11.1 Å². The van der Waals surface area contributed by atoms with Crippen molar-refractivity contribution in [2.45, 2.75) is 83.6 Å². The van der Waals surface area contributed by atoms with Gasteiger partial charge in [-0.2, -0.15) is 0 Å². The van der Waals surface area contributed by atoms with Crippen LogP contribution < -0.4 is 0 Å². The Bertz CT molecular complexity index is 572. The Hall–Kier alpha value is -0.841. The van der Waals surface area contributed by atoms with E-state index in [4.69, 9.17) is 0 Å². The summed E-state index contributed by atoms with van der Waals surface area (Å²) in [4.78, 5) is 27.8. The number of amides is 2. The predicted octanol–water partition coefficient (Wildman–Crippen LogP) is 6.06. The fraction of sp³-hybridized carbons (Fsp3) is 0.636. The van der Waals surface area contributed by atoms with Crippen LogP contribution in [0.4, 0.5) is 0 Å². The summed E-state index contributed by atoms with van der Waals surface area (Å²) in [5.41, 5.74) is 1.21. The van der Waals surface area contributed by atoms with Crippen LogP contribution in [0.5, 0.6) is 0 Å². The number of imide groups is 1. The molecule has 0 fully saturated rings. The van der Waals surface area contributed by atoms with Crippen LogP contribution in [-0.4, -0.2) is 39.1 Å². The minimum absolute atomic E-state index is 0.0522. The normalized spacial score (nSPS) is 15.5. The SMILES string of the molecule is CCC[CH2][Sn]([CH2]CCC)([CH2]CCC)[CH](C)N1C(=O)c2ccccc2C1=O. The van der Waals surface area contributed by atoms with E-state index in [0.717, 1.165) is 0 Å². The summed E-state index contributed by atoms with van der Waals surface area (Å²) in [6.07, 6.45) is 7.34. The van der Waals surface area contributed by atoms with Crippen LogP contribution in [0.3, 0.4) is 0 Å². The van der Waals surface area contributed by atoms with E-state index < -0.39 is 18.4 Å². The first-order chi connectivity index (χ1) is 12.5. The summed E-state index contributed by atoms with van der Waals surface area (Å²) in [7, 11) is 0. The molecule has 0 saturated heterocycles. The molecule has 0 spiro atoms. The van der Waals surface area contributed by atoms with Crippen LogP contribution in [0.15, 0.2) is 24.3 Å². The predicted molar refractivity (Wildman–Crippen MR) is 111 cm³/mol. The fourth-order valence-electron chi connectivity index (χ4n) is 4.42. The van der Waals surface area contributed by atoms with Gasteiger partial charge in [-0.3, -0.25) is 0 Å². The van der Waals surface area contributed by atoms with E-state index in [1.165, 1.54) is 51.8 Å². The standard InChI is InChI=1S/C10H8NO2.3C4H9.Sn/c1-2-11-9(12)7-5-3-4-6-8(7)10(11)13;3*1-3-4-2;/h2-6H,1H3;3*1,3-4H2,2H3;. The van der Waals surface area contributed by atoms with Crippen molar-refractivity contribution in [1.82, 2.24) is 4.90 Å². The van der Waals surface area contributed by atoms with E-state index in [-0.39, 0.29) is 15.9 Å². The molecule has 1 aromatic rings. The van der Waals surface area contributed by atoms with Gasteiger partial charge in [0, 0.05) is 0 Å². The minimum atomic E-state index is -2.69. The quantitative estimate of drug-likeness (QED) is 0.295. The number of hydrogen-bond acceptors (Lipinski definition) is 2. The first-order valence-corrected chi connectivity index (χ1v) is 18.2. The van der Waals surface area contributed by atoms with Crippen molar-refractivity contribution in [3.8, 4) is 0 Å². The number of carbonyl (C=O) groups excluding carboxylic acids is 2. The number of rotatable bonds is 11. The molecule has 26 heavy (non-hydrogen) atoms. The number of carbonyl (C=O) groups is 2. The molecule has 2 rings (SSSR count). The number of unbranched alkanes of at least 4 members (excludes halogenated alkanes) is 3. The van der Waals surface area contributed by atoms with Crippen LogP contribution in [0.25, 0.3) is 0 Å². The molecule has 0 radical (unpaired) electrons. The molecule has 0 aliphatic carbocycles. The average molecular weight is 464 g/mol. The Morgan fingerprint density at radius 3 is 1.54 bits per heavy atom. The molecule has 2 amide bonds. The molecule has 0 N–H and O–H groups in total. The molecular formula is C22H35NO2Sn. The zero-order chi connectivity index (χ0) is 19.2. The summed E-state index contributed by atoms with van der Waals surface area (Å²) in [5, 5.41) is 0. The van der Waals surface area contributed by atoms with Gasteiger partial charge in [0.05, 0.1) is 0 Å². The molecule has 1 atom stereocenters. The fourth-order valence-corrected chi connectivity index (χ4v) is 21.4. The molecule has 0 bridgehead atoms. The Labute approximate surface area is 163 Å². The van der Waals surface area contributed by atoms with Gasteiger partial charge in [0.2, 0.25) is 0 Å². The Morgan fingerprint density at radius 1 is 0.808 bits per heavy atom. The van der Waals surface area contributed by atoms with E-state index in [2.05, 4.69) is 27.7 Å². The average Bonchev–Trinajstić information content (AvgIpc) is 2.92. The number of fused-ring (bicyclic) bond motifs is 1. The van der Waals surface area contributed by atoms with Crippen LogP contribution in [-0.2, 0) is 0 Å². The van der Waals surface area contributed by atoms with Gasteiger partial charge in [0.1, 0.15) is 0 Å². The van der Waals surface area contributed by atoms with Crippen LogP contribution in [0.2, 0.25) is 13.3 Å². The Kier molecular flexibility index (Phi) is 8.18. The molecule has 144 valence electrons. The summed E-state index contributed by atoms with van der Waals surface area (Å²) in [6, 6.07) is 7.34. The second kappa shape index (κ2) is 9.91. The molecule has 1 aliphatic rings. The summed E-state index contributed by atoms with van der Waals surface area (Å²) < 4.78 is 4.07. The number of benzene rings is 1. The van der Waals surface area contributed by atoms with Crippen LogP contribution in [0, 0.1) is 0 Å². The molecule has 0 aromatic heterocycles. The van der Waals surface area contributed by atoms with Gasteiger partial charge >= 0.3 is 164 Å². The summed E-state index contributed by atoms with van der Waals surface area (Å²) in [5.74, 6) is -0.104.